The minimum Gasteiger partial charge on any atom is -0.380 e. The van der Waals surface area contributed by atoms with Crippen molar-refractivity contribution in [2.24, 2.45) is 11.8 Å². The SMILES string of the molecule is CCNc1c(CN2CC3CCCC3C2)cccc1[N+](=O)[O-]. The van der Waals surface area contributed by atoms with Crippen molar-refractivity contribution in [1.29, 1.82) is 0 Å². The fourth-order valence-corrected chi connectivity index (χ4v) is 3.95. The smallest absolute Gasteiger partial charge is 0.292 e. The highest BCUT2D eigenvalue weighted by Gasteiger charge is 2.36. The van der Waals surface area contributed by atoms with Crippen LogP contribution in [0.5, 0.6) is 0 Å². The Morgan fingerprint density at radius 2 is 2.05 bits per heavy atom. The predicted octanol–water partition coefficient (Wildman–Crippen LogP) is 3.26. The summed E-state index contributed by atoms with van der Waals surface area (Å²) in [6.07, 6.45) is 4.09. The van der Waals surface area contributed by atoms with Crippen molar-refractivity contribution in [3.8, 4) is 0 Å². The average molecular weight is 289 g/mol. The van der Waals surface area contributed by atoms with E-state index in [1.54, 1.807) is 12.1 Å². The van der Waals surface area contributed by atoms with Gasteiger partial charge in [-0.15, -0.1) is 0 Å². The molecule has 1 aromatic carbocycles. The lowest BCUT2D eigenvalue weighted by atomic mass is 10.0. The number of anilines is 1. The summed E-state index contributed by atoms with van der Waals surface area (Å²) in [5.41, 5.74) is 1.93. The Labute approximate surface area is 125 Å². The number of hydrogen-bond donors (Lipinski definition) is 1. The van der Waals surface area contributed by atoms with Gasteiger partial charge < -0.3 is 5.32 Å². The van der Waals surface area contributed by atoms with Crippen LogP contribution in [-0.4, -0.2) is 29.5 Å². The molecule has 5 heteroatoms. The maximum Gasteiger partial charge on any atom is 0.292 e. The zero-order valence-electron chi connectivity index (χ0n) is 12.5. The number of benzene rings is 1. The second-order valence-electron chi connectivity index (χ2n) is 6.24. The summed E-state index contributed by atoms with van der Waals surface area (Å²) in [5, 5.41) is 14.4. The normalized spacial score (nSPS) is 25.0. The number of nitrogens with zero attached hydrogens (tertiary/aromatic N) is 2. The van der Waals surface area contributed by atoms with Gasteiger partial charge in [0.05, 0.1) is 4.92 Å². The standard InChI is InChI=1S/C16H23N3O2/c1-2-17-16-14(7-4-8-15(16)19(20)21)11-18-9-12-5-3-6-13(12)10-18/h4,7-8,12-13,17H,2-3,5-6,9-11H2,1H3. The molecule has 1 saturated heterocycles. The Morgan fingerprint density at radius 1 is 1.33 bits per heavy atom. The van der Waals surface area contributed by atoms with Crippen LogP contribution in [0.15, 0.2) is 18.2 Å². The molecule has 1 aliphatic carbocycles. The van der Waals surface area contributed by atoms with Crippen LogP contribution in [0.1, 0.15) is 31.7 Å². The van der Waals surface area contributed by atoms with Crippen molar-refractivity contribution < 1.29 is 4.92 Å². The molecule has 0 amide bonds. The summed E-state index contributed by atoms with van der Waals surface area (Å²) < 4.78 is 0. The van der Waals surface area contributed by atoms with E-state index in [0.717, 1.165) is 37.0 Å². The van der Waals surface area contributed by atoms with Gasteiger partial charge in [0.2, 0.25) is 0 Å². The fourth-order valence-electron chi connectivity index (χ4n) is 3.95. The van der Waals surface area contributed by atoms with Crippen LogP contribution in [0.25, 0.3) is 0 Å². The Hall–Kier alpha value is -1.62. The van der Waals surface area contributed by atoms with Gasteiger partial charge in [-0.1, -0.05) is 18.6 Å². The molecular formula is C16H23N3O2. The van der Waals surface area contributed by atoms with E-state index in [1.807, 2.05) is 13.0 Å². The van der Waals surface area contributed by atoms with Crippen molar-refractivity contribution in [3.05, 3.63) is 33.9 Å². The number of rotatable bonds is 5. The first kappa shape index (κ1) is 14.3. The van der Waals surface area contributed by atoms with Crippen LogP contribution in [0, 0.1) is 22.0 Å². The average Bonchev–Trinajstić information content (AvgIpc) is 3.01. The second-order valence-corrected chi connectivity index (χ2v) is 6.24. The maximum absolute atomic E-state index is 11.2. The molecule has 0 bridgehead atoms. The third-order valence-electron chi connectivity index (χ3n) is 4.87. The van der Waals surface area contributed by atoms with Gasteiger partial charge in [-0.25, -0.2) is 0 Å². The van der Waals surface area contributed by atoms with Crippen LogP contribution < -0.4 is 5.32 Å². The zero-order chi connectivity index (χ0) is 14.8. The van der Waals surface area contributed by atoms with Crippen LogP contribution in [0.3, 0.4) is 0 Å². The van der Waals surface area contributed by atoms with Gasteiger partial charge in [-0.2, -0.15) is 0 Å². The van der Waals surface area contributed by atoms with Gasteiger partial charge in [0.15, 0.2) is 0 Å². The molecule has 1 saturated carbocycles. The van der Waals surface area contributed by atoms with E-state index in [2.05, 4.69) is 10.2 Å². The van der Waals surface area contributed by atoms with Crippen molar-refractivity contribution in [1.82, 2.24) is 4.90 Å². The summed E-state index contributed by atoms with van der Waals surface area (Å²) in [6.45, 7) is 5.79. The van der Waals surface area contributed by atoms with Crippen molar-refractivity contribution in [3.63, 3.8) is 0 Å². The number of fused-ring (bicyclic) bond motifs is 1. The third-order valence-corrected chi connectivity index (χ3v) is 4.87. The summed E-state index contributed by atoms with van der Waals surface area (Å²) in [5.74, 6) is 1.71. The zero-order valence-corrected chi connectivity index (χ0v) is 12.5. The molecule has 1 aromatic rings. The molecule has 114 valence electrons. The highest BCUT2D eigenvalue weighted by Crippen LogP contribution is 2.39. The van der Waals surface area contributed by atoms with E-state index in [0.29, 0.717) is 12.2 Å². The lowest BCUT2D eigenvalue weighted by Gasteiger charge is -2.19. The van der Waals surface area contributed by atoms with E-state index < -0.39 is 0 Å². The molecule has 2 fully saturated rings. The van der Waals surface area contributed by atoms with Crippen LogP contribution in [-0.2, 0) is 6.54 Å². The van der Waals surface area contributed by atoms with E-state index >= 15 is 0 Å². The Bertz CT molecular complexity index is 520. The molecule has 21 heavy (non-hydrogen) atoms. The largest absolute Gasteiger partial charge is 0.380 e. The van der Waals surface area contributed by atoms with Gasteiger partial charge in [-0.05, 0) is 37.2 Å². The monoisotopic (exact) mass is 289 g/mol. The molecule has 0 spiro atoms. The number of para-hydroxylation sites is 1. The van der Waals surface area contributed by atoms with E-state index in [9.17, 15) is 10.1 Å². The fraction of sp³-hybridized carbons (Fsp3) is 0.625. The molecule has 0 aromatic heterocycles. The summed E-state index contributed by atoms with van der Waals surface area (Å²) in [7, 11) is 0. The second kappa shape index (κ2) is 6.02. The summed E-state index contributed by atoms with van der Waals surface area (Å²) >= 11 is 0. The van der Waals surface area contributed by atoms with Crippen molar-refractivity contribution in [2.45, 2.75) is 32.7 Å². The number of hydrogen-bond acceptors (Lipinski definition) is 4. The van der Waals surface area contributed by atoms with Crippen LogP contribution in [0.2, 0.25) is 0 Å². The molecule has 5 nitrogen and oxygen atoms in total. The number of nitrogens with one attached hydrogen (secondary N) is 1. The molecule has 1 N–H and O–H groups in total. The quantitative estimate of drug-likeness (QED) is 0.667. The number of nitro groups is 1. The first-order valence-electron chi connectivity index (χ1n) is 7.91. The predicted molar refractivity (Wildman–Crippen MR) is 83.4 cm³/mol. The lowest BCUT2D eigenvalue weighted by Crippen LogP contribution is -2.22. The minimum atomic E-state index is -0.291. The molecule has 1 aliphatic heterocycles. The van der Waals surface area contributed by atoms with E-state index in [4.69, 9.17) is 0 Å². The first-order chi connectivity index (χ1) is 10.2. The Balaban J connectivity index is 1.78. The van der Waals surface area contributed by atoms with Crippen molar-refractivity contribution in [2.75, 3.05) is 25.0 Å². The Morgan fingerprint density at radius 3 is 2.67 bits per heavy atom. The third kappa shape index (κ3) is 2.88. The van der Waals surface area contributed by atoms with Gasteiger partial charge in [0.25, 0.3) is 5.69 Å². The molecule has 2 unspecified atom stereocenters. The van der Waals surface area contributed by atoms with Gasteiger partial charge >= 0.3 is 0 Å². The van der Waals surface area contributed by atoms with Gasteiger partial charge in [0, 0.05) is 32.2 Å². The molecule has 2 atom stereocenters. The Kier molecular flexibility index (Phi) is 4.10. The lowest BCUT2D eigenvalue weighted by molar-refractivity contribution is -0.384. The minimum absolute atomic E-state index is 0.189. The first-order valence-corrected chi connectivity index (χ1v) is 7.91. The number of nitro benzene ring substituents is 1. The van der Waals surface area contributed by atoms with Crippen LogP contribution >= 0.6 is 0 Å². The molecule has 1 heterocycles. The molecule has 0 radical (unpaired) electrons. The van der Waals surface area contributed by atoms with E-state index in [1.165, 1.54) is 19.3 Å². The van der Waals surface area contributed by atoms with E-state index in [-0.39, 0.29) is 10.6 Å². The summed E-state index contributed by atoms with van der Waals surface area (Å²) in [6, 6.07) is 5.39. The van der Waals surface area contributed by atoms with Crippen molar-refractivity contribution >= 4 is 11.4 Å². The number of likely N-dealkylation sites (tertiary alicyclic amines) is 1. The molecular weight excluding hydrogens is 266 g/mol. The van der Waals surface area contributed by atoms with Gasteiger partial charge in [-0.3, -0.25) is 15.0 Å². The van der Waals surface area contributed by atoms with Gasteiger partial charge in [0.1, 0.15) is 5.69 Å². The van der Waals surface area contributed by atoms with Crippen LogP contribution in [0.4, 0.5) is 11.4 Å². The highest BCUT2D eigenvalue weighted by molar-refractivity contribution is 5.66. The molecule has 2 aliphatic rings. The maximum atomic E-state index is 11.2. The molecule has 3 rings (SSSR count). The topological polar surface area (TPSA) is 58.4 Å². The highest BCUT2D eigenvalue weighted by atomic mass is 16.6. The summed E-state index contributed by atoms with van der Waals surface area (Å²) in [4.78, 5) is 13.4.